The molecular formula is C25H31N7O5S2. The van der Waals surface area contributed by atoms with Gasteiger partial charge in [0, 0.05) is 39.1 Å². The van der Waals surface area contributed by atoms with Crippen LogP contribution in [-0.4, -0.2) is 95.8 Å². The number of sulfonamides is 1. The predicted octanol–water partition coefficient (Wildman–Crippen LogP) is 2.44. The van der Waals surface area contributed by atoms with Gasteiger partial charge in [0.2, 0.25) is 15.9 Å². The van der Waals surface area contributed by atoms with E-state index in [2.05, 4.69) is 29.6 Å². The van der Waals surface area contributed by atoms with E-state index in [1.54, 1.807) is 42.7 Å². The number of likely N-dealkylation sites (N-methyl/N-ethyl adjacent to an activating group) is 1. The van der Waals surface area contributed by atoms with E-state index < -0.39 is 16.1 Å². The molecule has 1 aliphatic carbocycles. The van der Waals surface area contributed by atoms with Crippen molar-refractivity contribution < 1.29 is 22.7 Å². The molecule has 1 saturated heterocycles. The maximum absolute atomic E-state index is 13.7. The highest BCUT2D eigenvalue weighted by atomic mass is 32.2. The molecular weight excluding hydrogens is 542 g/mol. The van der Waals surface area contributed by atoms with Crippen molar-refractivity contribution in [3.05, 3.63) is 47.6 Å². The number of nitrogens with zero attached hydrogens (tertiary/aromatic N) is 6. The summed E-state index contributed by atoms with van der Waals surface area (Å²) in [6, 6.07) is 2.88. The van der Waals surface area contributed by atoms with Gasteiger partial charge in [0.15, 0.2) is 5.01 Å². The van der Waals surface area contributed by atoms with Gasteiger partial charge in [-0.3, -0.25) is 24.4 Å². The van der Waals surface area contributed by atoms with E-state index in [0.717, 1.165) is 13.1 Å². The molecule has 1 N–H and O–H groups in total. The Bertz CT molecular complexity index is 1410. The summed E-state index contributed by atoms with van der Waals surface area (Å²) in [7, 11) is -1.72. The zero-order chi connectivity index (χ0) is 27.4. The number of thiazole rings is 1. The smallest absolute Gasteiger partial charge is 0.283 e. The van der Waals surface area contributed by atoms with Gasteiger partial charge >= 0.3 is 0 Å². The molecule has 2 fully saturated rings. The van der Waals surface area contributed by atoms with Crippen LogP contribution in [-0.2, 0) is 14.8 Å². The lowest BCUT2D eigenvalue weighted by Gasteiger charge is -2.34. The molecule has 3 aromatic rings. The van der Waals surface area contributed by atoms with E-state index in [0.29, 0.717) is 72.0 Å². The summed E-state index contributed by atoms with van der Waals surface area (Å²) < 4.78 is 38.7. The number of carbonyl (C=O) groups excluding carboxylic acids is 1. The summed E-state index contributed by atoms with van der Waals surface area (Å²) in [6.45, 7) is 5.52. The number of nitrogens with one attached hydrogen (secondary N) is 1. The molecule has 1 amide bonds. The molecule has 1 aliphatic heterocycles. The number of carbonyl (C=O) groups is 1. The van der Waals surface area contributed by atoms with Gasteiger partial charge in [-0.25, -0.2) is 18.4 Å². The molecule has 14 heteroatoms. The number of pyridine rings is 1. The summed E-state index contributed by atoms with van der Waals surface area (Å²) in [5.41, 5.74) is 1.59. The molecule has 2 aliphatic rings. The minimum atomic E-state index is -3.43. The van der Waals surface area contributed by atoms with Gasteiger partial charge in [-0.05, 0) is 31.9 Å². The summed E-state index contributed by atoms with van der Waals surface area (Å²) in [5, 5.41) is -0.0470. The highest BCUT2D eigenvalue weighted by Crippen LogP contribution is 2.31. The lowest BCUT2D eigenvalue weighted by Crippen LogP contribution is -2.44. The Balaban J connectivity index is 1.39. The van der Waals surface area contributed by atoms with Crippen molar-refractivity contribution >= 4 is 33.0 Å². The number of morpholine rings is 1. The van der Waals surface area contributed by atoms with E-state index in [9.17, 15) is 13.2 Å². The van der Waals surface area contributed by atoms with E-state index in [1.807, 2.05) is 6.92 Å². The maximum atomic E-state index is 13.7. The highest BCUT2D eigenvalue weighted by Gasteiger charge is 2.36. The van der Waals surface area contributed by atoms with Gasteiger partial charge in [0.05, 0.1) is 59.8 Å². The maximum Gasteiger partial charge on any atom is 0.283 e. The molecule has 0 aromatic carbocycles. The van der Waals surface area contributed by atoms with Gasteiger partial charge in [0.25, 0.3) is 5.91 Å². The topological polar surface area (TPSA) is 140 Å². The first-order valence-electron chi connectivity index (χ1n) is 12.8. The van der Waals surface area contributed by atoms with Crippen LogP contribution in [0.4, 0.5) is 5.69 Å². The first-order chi connectivity index (χ1) is 18.8. The first-order valence-corrected chi connectivity index (χ1v) is 15.2. The van der Waals surface area contributed by atoms with E-state index in [4.69, 9.17) is 9.47 Å². The zero-order valence-corrected chi connectivity index (χ0v) is 23.4. The third kappa shape index (κ3) is 6.69. The molecule has 1 atom stereocenters. The largest absolute Gasteiger partial charge is 0.477 e. The van der Waals surface area contributed by atoms with Crippen molar-refractivity contribution in [1.29, 1.82) is 0 Å². The molecule has 208 valence electrons. The molecule has 39 heavy (non-hydrogen) atoms. The zero-order valence-electron chi connectivity index (χ0n) is 21.8. The van der Waals surface area contributed by atoms with Crippen molar-refractivity contribution in [3.63, 3.8) is 0 Å². The van der Waals surface area contributed by atoms with Crippen LogP contribution in [0.25, 0.3) is 10.6 Å². The summed E-state index contributed by atoms with van der Waals surface area (Å²) in [5.74, 6) is 0.131. The van der Waals surface area contributed by atoms with Crippen molar-refractivity contribution in [2.75, 3.05) is 51.2 Å². The molecule has 0 bridgehead atoms. The third-order valence-corrected chi connectivity index (χ3v) is 9.39. The standard InChI is InChI=1S/C25H31N7O5S2/c1-3-37-23-15-26-13-20(29-23)22-14-28-24(38-22)25(33)31(2)21(16-32-8-10-36-11-9-32)19-12-17(6-7-27-19)30-39(34,35)18-4-5-18/h6-7,12-15,18,21H,3-5,8-11,16H2,1-2H3,(H,27,30)/t21-/m0/s1. The number of hydrogen-bond donors (Lipinski definition) is 1. The predicted molar refractivity (Wildman–Crippen MR) is 146 cm³/mol. The van der Waals surface area contributed by atoms with Crippen LogP contribution in [0.1, 0.15) is 41.3 Å². The Morgan fingerprint density at radius 1 is 1.26 bits per heavy atom. The molecule has 12 nitrogen and oxygen atoms in total. The quantitative estimate of drug-likeness (QED) is 0.364. The first kappa shape index (κ1) is 27.4. The fraction of sp³-hybridized carbons (Fsp3) is 0.480. The van der Waals surface area contributed by atoms with Crippen molar-refractivity contribution in [1.82, 2.24) is 29.7 Å². The van der Waals surface area contributed by atoms with Crippen LogP contribution >= 0.6 is 11.3 Å². The van der Waals surface area contributed by atoms with Crippen LogP contribution < -0.4 is 9.46 Å². The summed E-state index contributed by atoms with van der Waals surface area (Å²) >= 11 is 1.22. The number of rotatable bonds is 11. The molecule has 3 aromatic heterocycles. The Labute approximate surface area is 231 Å². The van der Waals surface area contributed by atoms with Crippen LogP contribution in [0.5, 0.6) is 5.88 Å². The number of ether oxygens (including phenoxy) is 2. The Hall–Kier alpha value is -3.20. The minimum absolute atomic E-state index is 0.274. The van der Waals surface area contributed by atoms with Crippen molar-refractivity contribution in [3.8, 4) is 16.5 Å². The number of anilines is 1. The van der Waals surface area contributed by atoms with Crippen LogP contribution in [0, 0.1) is 0 Å². The Morgan fingerprint density at radius 3 is 2.79 bits per heavy atom. The number of hydrogen-bond acceptors (Lipinski definition) is 11. The Morgan fingerprint density at radius 2 is 2.05 bits per heavy atom. The van der Waals surface area contributed by atoms with E-state index in [-0.39, 0.29) is 11.2 Å². The molecule has 5 rings (SSSR count). The third-order valence-electron chi connectivity index (χ3n) is 6.51. The number of amides is 1. The Kier molecular flexibility index (Phi) is 8.35. The molecule has 0 spiro atoms. The lowest BCUT2D eigenvalue weighted by atomic mass is 10.1. The molecule has 1 saturated carbocycles. The second kappa shape index (κ2) is 11.9. The molecule has 4 heterocycles. The van der Waals surface area contributed by atoms with Gasteiger partial charge < -0.3 is 14.4 Å². The summed E-state index contributed by atoms with van der Waals surface area (Å²) in [6.07, 6.45) is 7.65. The van der Waals surface area contributed by atoms with Gasteiger partial charge in [-0.1, -0.05) is 0 Å². The normalized spacial score (nSPS) is 17.0. The highest BCUT2D eigenvalue weighted by molar-refractivity contribution is 7.93. The monoisotopic (exact) mass is 573 g/mol. The van der Waals surface area contributed by atoms with Crippen LogP contribution in [0.3, 0.4) is 0 Å². The van der Waals surface area contributed by atoms with E-state index >= 15 is 0 Å². The number of aromatic nitrogens is 4. The van der Waals surface area contributed by atoms with Crippen molar-refractivity contribution in [2.24, 2.45) is 0 Å². The second-order valence-electron chi connectivity index (χ2n) is 9.37. The average Bonchev–Trinajstić information content (AvgIpc) is 3.70. The molecule has 0 unspecified atom stereocenters. The van der Waals surface area contributed by atoms with Gasteiger partial charge in [-0.2, -0.15) is 0 Å². The van der Waals surface area contributed by atoms with Gasteiger partial charge in [0.1, 0.15) is 5.69 Å². The lowest BCUT2D eigenvalue weighted by molar-refractivity contribution is 0.0237. The second-order valence-corrected chi connectivity index (χ2v) is 12.4. The SMILES string of the molecule is CCOc1cncc(-c2cnc(C(=O)N(C)[C@@H](CN3CCOCC3)c3cc(NS(=O)(=O)C4CC4)ccn3)s2)n1. The van der Waals surface area contributed by atoms with Crippen LogP contribution in [0.2, 0.25) is 0 Å². The van der Waals surface area contributed by atoms with Crippen molar-refractivity contribution in [2.45, 2.75) is 31.1 Å². The molecule has 0 radical (unpaired) electrons. The van der Waals surface area contributed by atoms with Crippen LogP contribution in [0.15, 0.2) is 36.9 Å². The fourth-order valence-electron chi connectivity index (χ4n) is 4.23. The summed E-state index contributed by atoms with van der Waals surface area (Å²) in [4.78, 5) is 35.7. The van der Waals surface area contributed by atoms with E-state index in [1.165, 1.54) is 17.5 Å². The average molecular weight is 574 g/mol. The fourth-order valence-corrected chi connectivity index (χ4v) is 6.46. The minimum Gasteiger partial charge on any atom is -0.477 e. The van der Waals surface area contributed by atoms with Gasteiger partial charge in [-0.15, -0.1) is 11.3 Å².